The van der Waals surface area contributed by atoms with Crippen LogP contribution in [0.2, 0.25) is 0 Å². The topological polar surface area (TPSA) is 52.1 Å². The van der Waals surface area contributed by atoms with Crippen molar-refractivity contribution in [2.24, 2.45) is 4.99 Å². The average Bonchev–Trinajstić information content (AvgIpc) is 2.63. The number of guanidine groups is 1. The van der Waals surface area contributed by atoms with Crippen molar-refractivity contribution in [1.82, 2.24) is 20.4 Å². The summed E-state index contributed by atoms with van der Waals surface area (Å²) in [5, 5.41) is 6.79. The Labute approximate surface area is 184 Å². The van der Waals surface area contributed by atoms with E-state index in [0.717, 1.165) is 64.2 Å². The predicted octanol–water partition coefficient (Wildman–Crippen LogP) is 2.78. The Hall–Kier alpha value is -0.120. The molecule has 1 unspecified atom stereocenters. The molecule has 1 atom stereocenters. The molecule has 27 heavy (non-hydrogen) atoms. The summed E-state index contributed by atoms with van der Waals surface area (Å²) in [6.45, 7) is 12.6. The second-order valence-corrected chi connectivity index (χ2v) is 7.42. The molecule has 0 aliphatic carbocycles. The van der Waals surface area contributed by atoms with Crippen LogP contribution < -0.4 is 10.6 Å². The molecule has 1 fully saturated rings. The van der Waals surface area contributed by atoms with Crippen LogP contribution in [0.25, 0.3) is 0 Å². The molecule has 0 radical (unpaired) electrons. The minimum Gasteiger partial charge on any atom is -0.385 e. The molecule has 0 aromatic carbocycles. The van der Waals surface area contributed by atoms with Gasteiger partial charge in [0.05, 0.1) is 0 Å². The number of unbranched alkanes of at least 4 members (excludes halogenated alkanes) is 1. The molecule has 1 saturated heterocycles. The highest BCUT2D eigenvalue weighted by molar-refractivity contribution is 14.0. The fourth-order valence-electron chi connectivity index (χ4n) is 3.40. The smallest absolute Gasteiger partial charge is 0.191 e. The number of nitrogens with one attached hydrogen (secondary N) is 2. The normalized spacial score (nSPS) is 18.4. The zero-order valence-corrected chi connectivity index (χ0v) is 20.5. The molecule has 0 saturated carbocycles. The Morgan fingerprint density at radius 2 is 2.00 bits per heavy atom. The number of rotatable bonds is 13. The van der Waals surface area contributed by atoms with Gasteiger partial charge in [0.2, 0.25) is 0 Å². The summed E-state index contributed by atoms with van der Waals surface area (Å²) in [7, 11) is 3.91. The first-order valence-corrected chi connectivity index (χ1v) is 10.6. The van der Waals surface area contributed by atoms with Gasteiger partial charge in [0.25, 0.3) is 0 Å². The van der Waals surface area contributed by atoms with E-state index < -0.39 is 0 Å². The number of likely N-dealkylation sites (N-methyl/N-ethyl adjacent to an activating group) is 1. The van der Waals surface area contributed by atoms with E-state index in [2.05, 4.69) is 41.3 Å². The van der Waals surface area contributed by atoms with Crippen LogP contribution >= 0.6 is 24.0 Å². The van der Waals surface area contributed by atoms with E-state index in [1.807, 2.05) is 0 Å². The average molecular weight is 498 g/mol. The maximum atomic E-state index is 5.10. The number of piperidine rings is 1. The number of halogens is 1. The Balaban J connectivity index is 0.00000676. The van der Waals surface area contributed by atoms with Gasteiger partial charge in [0.1, 0.15) is 0 Å². The third-order valence-electron chi connectivity index (χ3n) is 5.08. The van der Waals surface area contributed by atoms with E-state index in [4.69, 9.17) is 9.73 Å². The number of methoxy groups -OCH3 is 1. The van der Waals surface area contributed by atoms with Gasteiger partial charge in [-0.3, -0.25) is 4.99 Å². The summed E-state index contributed by atoms with van der Waals surface area (Å²) < 4.78 is 5.10. The number of hydrogen-bond acceptors (Lipinski definition) is 4. The van der Waals surface area contributed by atoms with Gasteiger partial charge in [-0.15, -0.1) is 24.0 Å². The van der Waals surface area contributed by atoms with E-state index in [9.17, 15) is 0 Å². The molecule has 0 amide bonds. The van der Waals surface area contributed by atoms with Crippen molar-refractivity contribution in [3.63, 3.8) is 0 Å². The van der Waals surface area contributed by atoms with Crippen molar-refractivity contribution in [3.8, 4) is 0 Å². The van der Waals surface area contributed by atoms with Crippen LogP contribution in [0.3, 0.4) is 0 Å². The molecule has 6 nitrogen and oxygen atoms in total. The summed E-state index contributed by atoms with van der Waals surface area (Å²) >= 11 is 0. The molecule has 0 aromatic heterocycles. The fraction of sp³-hybridized carbons (Fsp3) is 0.950. The Morgan fingerprint density at radius 1 is 1.19 bits per heavy atom. The highest BCUT2D eigenvalue weighted by Gasteiger charge is 2.16. The fourth-order valence-corrected chi connectivity index (χ4v) is 3.40. The number of nitrogens with zero attached hydrogens (tertiary/aromatic N) is 3. The second kappa shape index (κ2) is 17.9. The SMILES string of the molecule is CCNC(=NCCCCN1CCCCC1C)NCCN(C)CCCOC.I. The summed E-state index contributed by atoms with van der Waals surface area (Å²) in [5.74, 6) is 0.948. The largest absolute Gasteiger partial charge is 0.385 e. The number of aliphatic imine (C=N–C) groups is 1. The van der Waals surface area contributed by atoms with Gasteiger partial charge in [-0.1, -0.05) is 6.42 Å². The van der Waals surface area contributed by atoms with Crippen molar-refractivity contribution >= 4 is 29.9 Å². The van der Waals surface area contributed by atoms with Crippen molar-refractivity contribution in [3.05, 3.63) is 0 Å². The van der Waals surface area contributed by atoms with Crippen molar-refractivity contribution in [2.45, 2.75) is 58.4 Å². The van der Waals surface area contributed by atoms with Gasteiger partial charge < -0.3 is 25.2 Å². The zero-order valence-electron chi connectivity index (χ0n) is 18.1. The van der Waals surface area contributed by atoms with Crippen molar-refractivity contribution in [1.29, 1.82) is 0 Å². The third-order valence-corrected chi connectivity index (χ3v) is 5.08. The van der Waals surface area contributed by atoms with E-state index >= 15 is 0 Å². The number of ether oxygens (including phenoxy) is 1. The Kier molecular flexibility index (Phi) is 17.9. The first-order valence-electron chi connectivity index (χ1n) is 10.6. The summed E-state index contributed by atoms with van der Waals surface area (Å²) in [6, 6.07) is 0.770. The summed E-state index contributed by atoms with van der Waals surface area (Å²) in [4.78, 5) is 9.70. The molecule has 2 N–H and O–H groups in total. The van der Waals surface area contributed by atoms with Gasteiger partial charge >= 0.3 is 0 Å². The van der Waals surface area contributed by atoms with Gasteiger partial charge in [-0.25, -0.2) is 0 Å². The van der Waals surface area contributed by atoms with E-state index in [-0.39, 0.29) is 24.0 Å². The lowest BCUT2D eigenvalue weighted by Gasteiger charge is -2.33. The first-order chi connectivity index (χ1) is 12.7. The van der Waals surface area contributed by atoms with Gasteiger partial charge in [0, 0.05) is 52.5 Å². The first kappa shape index (κ1) is 26.9. The second-order valence-electron chi connectivity index (χ2n) is 7.42. The van der Waals surface area contributed by atoms with Crippen LogP contribution in [0.1, 0.15) is 52.4 Å². The summed E-state index contributed by atoms with van der Waals surface area (Å²) in [6.07, 6.45) is 7.63. The number of hydrogen-bond donors (Lipinski definition) is 2. The highest BCUT2D eigenvalue weighted by atomic mass is 127. The van der Waals surface area contributed by atoms with Crippen LogP contribution in [0, 0.1) is 0 Å². The molecular formula is C20H44IN5O. The van der Waals surface area contributed by atoms with Crippen molar-refractivity contribution in [2.75, 3.05) is 66.6 Å². The van der Waals surface area contributed by atoms with Crippen LogP contribution in [0.15, 0.2) is 4.99 Å². The van der Waals surface area contributed by atoms with E-state index in [0.29, 0.717) is 0 Å². The summed E-state index contributed by atoms with van der Waals surface area (Å²) in [5.41, 5.74) is 0. The number of likely N-dealkylation sites (tertiary alicyclic amines) is 1. The maximum absolute atomic E-state index is 5.10. The van der Waals surface area contributed by atoms with Crippen LogP contribution in [0.5, 0.6) is 0 Å². The Bertz CT molecular complexity index is 370. The minimum atomic E-state index is 0. The molecule has 1 rings (SSSR count). The lowest BCUT2D eigenvalue weighted by Crippen LogP contribution is -2.41. The van der Waals surface area contributed by atoms with Gasteiger partial charge in [-0.2, -0.15) is 0 Å². The van der Waals surface area contributed by atoms with E-state index in [1.54, 1.807) is 7.11 Å². The molecule has 0 aromatic rings. The third kappa shape index (κ3) is 13.7. The standard InChI is InChI=1S/C20H43N5O.HI/c1-5-21-20(23-13-17-24(3)14-10-18-26-4)22-12-7-9-16-25-15-8-6-11-19(25)2;/h19H,5-18H2,1-4H3,(H2,21,22,23);1H. The van der Waals surface area contributed by atoms with Crippen molar-refractivity contribution < 1.29 is 4.74 Å². The quantitative estimate of drug-likeness (QED) is 0.177. The lowest BCUT2D eigenvalue weighted by molar-refractivity contribution is 0.158. The minimum absolute atomic E-state index is 0. The molecule has 7 heteroatoms. The van der Waals surface area contributed by atoms with Crippen LogP contribution in [-0.2, 0) is 4.74 Å². The molecule has 1 heterocycles. The molecule has 0 spiro atoms. The highest BCUT2D eigenvalue weighted by Crippen LogP contribution is 2.16. The van der Waals surface area contributed by atoms with Crippen LogP contribution in [-0.4, -0.2) is 88.4 Å². The van der Waals surface area contributed by atoms with Crippen LogP contribution in [0.4, 0.5) is 0 Å². The Morgan fingerprint density at radius 3 is 2.70 bits per heavy atom. The molecule has 0 bridgehead atoms. The monoisotopic (exact) mass is 497 g/mol. The van der Waals surface area contributed by atoms with E-state index in [1.165, 1.54) is 38.8 Å². The molecule has 1 aliphatic rings. The lowest BCUT2D eigenvalue weighted by atomic mass is 10.0. The predicted molar refractivity (Wildman–Crippen MR) is 128 cm³/mol. The molecule has 162 valence electrons. The zero-order chi connectivity index (χ0) is 19.0. The van der Waals surface area contributed by atoms with Gasteiger partial charge in [-0.05, 0) is 66.1 Å². The molecular weight excluding hydrogens is 453 g/mol. The molecule has 1 aliphatic heterocycles. The maximum Gasteiger partial charge on any atom is 0.191 e. The van der Waals surface area contributed by atoms with Gasteiger partial charge in [0.15, 0.2) is 5.96 Å².